The van der Waals surface area contributed by atoms with Gasteiger partial charge in [0.25, 0.3) is 0 Å². The van der Waals surface area contributed by atoms with Crippen LogP contribution in [0.5, 0.6) is 0 Å². The van der Waals surface area contributed by atoms with E-state index in [4.69, 9.17) is 4.52 Å². The molecular formula is C15H14N4O4S. The second-order valence-corrected chi connectivity index (χ2v) is 6.75. The predicted octanol–water partition coefficient (Wildman–Crippen LogP) is 0.873. The summed E-state index contributed by atoms with van der Waals surface area (Å²) in [5, 5.41) is 5.90. The number of hydrogen-bond donors (Lipinski definition) is 0. The van der Waals surface area contributed by atoms with Crippen molar-refractivity contribution in [3.8, 4) is 10.7 Å². The van der Waals surface area contributed by atoms with Crippen molar-refractivity contribution in [1.82, 2.24) is 19.9 Å². The fourth-order valence-electron chi connectivity index (χ4n) is 2.78. The maximum Gasteiger partial charge on any atom is 0.242 e. The SMILES string of the molecule is O=C(CN1C(=O)CCC1=O)N1CC(c2nc(-c3cccs3)no2)C1. The number of carbonyl (C=O) groups excluding carboxylic acids is 3. The van der Waals surface area contributed by atoms with Crippen LogP contribution in [-0.4, -0.2) is 57.3 Å². The van der Waals surface area contributed by atoms with Gasteiger partial charge < -0.3 is 9.42 Å². The Labute approximate surface area is 141 Å². The zero-order valence-electron chi connectivity index (χ0n) is 12.7. The number of likely N-dealkylation sites (tertiary alicyclic amines) is 2. The molecule has 0 aromatic carbocycles. The summed E-state index contributed by atoms with van der Waals surface area (Å²) < 4.78 is 5.28. The quantitative estimate of drug-likeness (QED) is 0.762. The molecule has 4 heterocycles. The highest BCUT2D eigenvalue weighted by atomic mass is 32.1. The van der Waals surface area contributed by atoms with Crippen molar-refractivity contribution in [2.75, 3.05) is 19.6 Å². The van der Waals surface area contributed by atoms with E-state index in [1.807, 2.05) is 17.5 Å². The van der Waals surface area contributed by atoms with Crippen LogP contribution in [0.4, 0.5) is 0 Å². The molecular weight excluding hydrogens is 332 g/mol. The molecule has 4 rings (SSSR count). The summed E-state index contributed by atoms with van der Waals surface area (Å²) in [5.41, 5.74) is 0. The Morgan fingerprint density at radius 1 is 1.29 bits per heavy atom. The molecule has 8 nitrogen and oxygen atoms in total. The molecule has 3 amide bonds. The number of carbonyl (C=O) groups is 3. The topological polar surface area (TPSA) is 96.6 Å². The largest absolute Gasteiger partial charge is 0.339 e. The van der Waals surface area contributed by atoms with E-state index in [0.717, 1.165) is 9.78 Å². The molecule has 2 aromatic rings. The molecule has 9 heteroatoms. The Kier molecular flexibility index (Phi) is 3.64. The summed E-state index contributed by atoms with van der Waals surface area (Å²) in [4.78, 5) is 43.2. The average Bonchev–Trinajstić information content (AvgIpc) is 3.23. The standard InChI is InChI=1S/C15H14N4O4S/c20-11-3-4-12(21)19(11)8-13(22)18-6-9(7-18)15-16-14(17-23-15)10-2-1-5-24-10/h1-2,5,9H,3-4,6-8H2. The summed E-state index contributed by atoms with van der Waals surface area (Å²) in [6.07, 6.45) is 0.393. The fraction of sp³-hybridized carbons (Fsp3) is 0.400. The molecule has 2 saturated heterocycles. The Hall–Kier alpha value is -2.55. The van der Waals surface area contributed by atoms with Gasteiger partial charge in [0.2, 0.25) is 29.4 Å². The summed E-state index contributed by atoms with van der Waals surface area (Å²) in [6.45, 7) is 0.747. The van der Waals surface area contributed by atoms with E-state index in [0.29, 0.717) is 24.8 Å². The monoisotopic (exact) mass is 346 g/mol. The second kappa shape index (κ2) is 5.82. The molecule has 0 aliphatic carbocycles. The highest BCUT2D eigenvalue weighted by molar-refractivity contribution is 7.13. The van der Waals surface area contributed by atoms with E-state index in [-0.39, 0.29) is 43.0 Å². The molecule has 0 spiro atoms. The summed E-state index contributed by atoms with van der Waals surface area (Å²) >= 11 is 1.53. The molecule has 0 radical (unpaired) electrons. The average molecular weight is 346 g/mol. The molecule has 2 fully saturated rings. The number of thiophene rings is 1. The number of hydrogen-bond acceptors (Lipinski definition) is 7. The molecule has 2 aliphatic heterocycles. The highest BCUT2D eigenvalue weighted by Gasteiger charge is 2.38. The summed E-state index contributed by atoms with van der Waals surface area (Å²) in [7, 11) is 0. The molecule has 0 atom stereocenters. The van der Waals surface area contributed by atoms with Gasteiger partial charge in [-0.2, -0.15) is 4.98 Å². The van der Waals surface area contributed by atoms with Crippen LogP contribution in [-0.2, 0) is 14.4 Å². The first-order valence-electron chi connectivity index (χ1n) is 7.60. The molecule has 24 heavy (non-hydrogen) atoms. The van der Waals surface area contributed by atoms with Crippen molar-refractivity contribution in [1.29, 1.82) is 0 Å². The predicted molar refractivity (Wildman–Crippen MR) is 82.9 cm³/mol. The first-order valence-corrected chi connectivity index (χ1v) is 8.48. The van der Waals surface area contributed by atoms with E-state index >= 15 is 0 Å². The van der Waals surface area contributed by atoms with Gasteiger partial charge in [0.05, 0.1) is 10.8 Å². The van der Waals surface area contributed by atoms with Crippen molar-refractivity contribution in [2.45, 2.75) is 18.8 Å². The minimum Gasteiger partial charge on any atom is -0.339 e. The smallest absolute Gasteiger partial charge is 0.242 e. The van der Waals surface area contributed by atoms with Gasteiger partial charge in [-0.3, -0.25) is 19.3 Å². The Bertz CT molecular complexity index is 778. The zero-order valence-corrected chi connectivity index (χ0v) is 13.5. The van der Waals surface area contributed by atoms with E-state index < -0.39 is 0 Å². The van der Waals surface area contributed by atoms with E-state index in [1.54, 1.807) is 4.90 Å². The lowest BCUT2D eigenvalue weighted by Gasteiger charge is -2.37. The Balaban J connectivity index is 1.34. The molecule has 0 N–H and O–H groups in total. The van der Waals surface area contributed by atoms with Gasteiger partial charge in [0.1, 0.15) is 6.54 Å². The molecule has 2 aliphatic rings. The van der Waals surface area contributed by atoms with Crippen LogP contribution < -0.4 is 0 Å². The Morgan fingerprint density at radius 2 is 2.04 bits per heavy atom. The summed E-state index contributed by atoms with van der Waals surface area (Å²) in [5.74, 6) is 0.285. The van der Waals surface area contributed by atoms with Gasteiger partial charge in [-0.1, -0.05) is 11.2 Å². The van der Waals surface area contributed by atoms with Crippen LogP contribution in [0.2, 0.25) is 0 Å². The van der Waals surface area contributed by atoms with Gasteiger partial charge >= 0.3 is 0 Å². The lowest BCUT2D eigenvalue weighted by atomic mass is 10.00. The molecule has 2 aromatic heterocycles. The minimum absolute atomic E-state index is 0.000133. The fourth-order valence-corrected chi connectivity index (χ4v) is 3.43. The van der Waals surface area contributed by atoms with Crippen LogP contribution in [0, 0.1) is 0 Å². The van der Waals surface area contributed by atoms with Crippen molar-refractivity contribution >= 4 is 29.1 Å². The Morgan fingerprint density at radius 3 is 2.71 bits per heavy atom. The van der Waals surface area contributed by atoms with Gasteiger partial charge in [-0.25, -0.2) is 0 Å². The van der Waals surface area contributed by atoms with Crippen LogP contribution in [0.15, 0.2) is 22.0 Å². The maximum atomic E-state index is 12.2. The highest BCUT2D eigenvalue weighted by Crippen LogP contribution is 2.29. The van der Waals surface area contributed by atoms with Crippen LogP contribution in [0.1, 0.15) is 24.7 Å². The lowest BCUT2D eigenvalue weighted by Crippen LogP contribution is -2.52. The summed E-state index contributed by atoms with van der Waals surface area (Å²) in [6, 6.07) is 3.83. The number of rotatable bonds is 4. The minimum atomic E-state index is -0.275. The number of aromatic nitrogens is 2. The normalized spacial score (nSPS) is 18.3. The number of nitrogens with zero attached hydrogens (tertiary/aromatic N) is 4. The van der Waals surface area contributed by atoms with Gasteiger partial charge in [-0.15, -0.1) is 11.3 Å². The van der Waals surface area contributed by atoms with Crippen LogP contribution >= 0.6 is 11.3 Å². The second-order valence-electron chi connectivity index (χ2n) is 5.80. The van der Waals surface area contributed by atoms with Gasteiger partial charge in [0, 0.05) is 25.9 Å². The van der Waals surface area contributed by atoms with Crippen LogP contribution in [0.25, 0.3) is 10.7 Å². The first-order chi connectivity index (χ1) is 11.6. The lowest BCUT2D eigenvalue weighted by molar-refractivity contribution is -0.147. The van der Waals surface area contributed by atoms with Crippen molar-refractivity contribution in [3.63, 3.8) is 0 Å². The van der Waals surface area contributed by atoms with Crippen LogP contribution in [0.3, 0.4) is 0 Å². The third kappa shape index (κ3) is 2.60. The molecule has 0 saturated carbocycles. The number of imide groups is 1. The zero-order chi connectivity index (χ0) is 16.7. The first kappa shape index (κ1) is 15.0. The van der Waals surface area contributed by atoms with Crippen molar-refractivity contribution in [2.24, 2.45) is 0 Å². The molecule has 0 bridgehead atoms. The third-order valence-electron chi connectivity index (χ3n) is 4.22. The molecule has 0 unspecified atom stereocenters. The van der Waals surface area contributed by atoms with Crippen molar-refractivity contribution in [3.05, 3.63) is 23.4 Å². The maximum absolute atomic E-state index is 12.2. The van der Waals surface area contributed by atoms with E-state index in [1.165, 1.54) is 11.3 Å². The van der Waals surface area contributed by atoms with Gasteiger partial charge in [-0.05, 0) is 11.4 Å². The third-order valence-corrected chi connectivity index (χ3v) is 5.08. The van der Waals surface area contributed by atoms with Crippen molar-refractivity contribution < 1.29 is 18.9 Å². The number of amides is 3. The van der Waals surface area contributed by atoms with E-state index in [9.17, 15) is 14.4 Å². The van der Waals surface area contributed by atoms with E-state index in [2.05, 4.69) is 10.1 Å². The molecule has 124 valence electrons. The van der Waals surface area contributed by atoms with Gasteiger partial charge in [0.15, 0.2) is 0 Å².